The summed E-state index contributed by atoms with van der Waals surface area (Å²) in [6.07, 6.45) is 6.34. The van der Waals surface area contributed by atoms with E-state index in [1.807, 2.05) is 12.2 Å². The van der Waals surface area contributed by atoms with E-state index in [-0.39, 0.29) is 30.2 Å². The van der Waals surface area contributed by atoms with E-state index < -0.39 is 0 Å². The van der Waals surface area contributed by atoms with Crippen molar-refractivity contribution in [1.82, 2.24) is 0 Å². The molecule has 1 aliphatic carbocycles. The van der Waals surface area contributed by atoms with Crippen LogP contribution in [0.1, 0.15) is 36.5 Å². The van der Waals surface area contributed by atoms with Crippen LogP contribution in [0.4, 0.5) is 5.69 Å². The fourth-order valence-corrected chi connectivity index (χ4v) is 2.29. The first kappa shape index (κ1) is 15.9. The number of carbonyl (C=O) groups is 3. The smallest absolute Gasteiger partial charge is 0.309 e. The van der Waals surface area contributed by atoms with Crippen molar-refractivity contribution in [2.75, 3.05) is 11.9 Å². The number of anilines is 1. The minimum absolute atomic E-state index is 0.139. The minimum atomic E-state index is -0.312. The second-order valence-corrected chi connectivity index (χ2v) is 5.27. The molecule has 0 bridgehead atoms. The Morgan fingerprint density at radius 3 is 2.50 bits per heavy atom. The Balaban J connectivity index is 1.85. The quantitative estimate of drug-likeness (QED) is 0.515. The number of rotatable bonds is 5. The molecule has 0 spiro atoms. The van der Waals surface area contributed by atoms with Gasteiger partial charge in [-0.2, -0.15) is 0 Å². The molecule has 1 amide bonds. The van der Waals surface area contributed by atoms with Crippen molar-refractivity contribution in [2.24, 2.45) is 5.92 Å². The molecule has 1 aromatic carbocycles. The third-order valence-electron chi connectivity index (χ3n) is 3.48. The SMILES string of the molecule is CC(=O)Nc1ccc(C(=O)COC(=O)[C@H]2CC=CCC2)cc1. The van der Waals surface area contributed by atoms with Crippen LogP contribution in [0.15, 0.2) is 36.4 Å². The highest BCUT2D eigenvalue weighted by atomic mass is 16.5. The van der Waals surface area contributed by atoms with Crippen molar-refractivity contribution < 1.29 is 19.1 Å². The van der Waals surface area contributed by atoms with Gasteiger partial charge < -0.3 is 10.1 Å². The van der Waals surface area contributed by atoms with E-state index in [0.717, 1.165) is 12.8 Å². The molecule has 116 valence electrons. The molecule has 1 aromatic rings. The predicted molar refractivity (Wildman–Crippen MR) is 82.5 cm³/mol. The molecule has 1 atom stereocenters. The first-order valence-corrected chi connectivity index (χ1v) is 7.29. The summed E-state index contributed by atoms with van der Waals surface area (Å²) >= 11 is 0. The molecule has 0 unspecified atom stereocenters. The molecule has 0 aromatic heterocycles. The fourth-order valence-electron chi connectivity index (χ4n) is 2.29. The van der Waals surface area contributed by atoms with Crippen LogP contribution in [0.25, 0.3) is 0 Å². The van der Waals surface area contributed by atoms with Crippen molar-refractivity contribution in [3.63, 3.8) is 0 Å². The molecule has 0 aliphatic heterocycles. The molecule has 0 fully saturated rings. The maximum atomic E-state index is 12.0. The van der Waals surface area contributed by atoms with E-state index in [9.17, 15) is 14.4 Å². The van der Waals surface area contributed by atoms with E-state index in [2.05, 4.69) is 5.32 Å². The average molecular weight is 301 g/mol. The van der Waals surface area contributed by atoms with Gasteiger partial charge in [0.15, 0.2) is 12.4 Å². The Hall–Kier alpha value is -2.43. The molecule has 5 nitrogen and oxygen atoms in total. The van der Waals surface area contributed by atoms with Gasteiger partial charge in [0, 0.05) is 18.2 Å². The molecule has 1 N–H and O–H groups in total. The summed E-state index contributed by atoms with van der Waals surface area (Å²) in [5.74, 6) is -0.879. The number of allylic oxidation sites excluding steroid dienone is 2. The summed E-state index contributed by atoms with van der Waals surface area (Å²) in [5, 5.41) is 2.62. The van der Waals surface area contributed by atoms with Crippen LogP contribution in [0.2, 0.25) is 0 Å². The number of hydrogen-bond donors (Lipinski definition) is 1. The molecule has 2 rings (SSSR count). The second kappa shape index (κ2) is 7.54. The zero-order valence-corrected chi connectivity index (χ0v) is 12.5. The summed E-state index contributed by atoms with van der Waals surface area (Å²) in [5.41, 5.74) is 1.07. The van der Waals surface area contributed by atoms with Crippen LogP contribution in [-0.2, 0) is 14.3 Å². The molecule has 0 heterocycles. The van der Waals surface area contributed by atoms with Gasteiger partial charge in [-0.25, -0.2) is 0 Å². The lowest BCUT2D eigenvalue weighted by atomic mass is 9.95. The average Bonchev–Trinajstić information content (AvgIpc) is 2.53. The van der Waals surface area contributed by atoms with Gasteiger partial charge in [0.25, 0.3) is 0 Å². The van der Waals surface area contributed by atoms with Gasteiger partial charge in [0.05, 0.1) is 5.92 Å². The standard InChI is InChI=1S/C17H19NO4/c1-12(19)18-15-9-7-13(8-10-15)16(20)11-22-17(21)14-5-3-2-4-6-14/h2-3,7-10,14H,4-6,11H2,1H3,(H,18,19)/t14-/m0/s1. The lowest BCUT2D eigenvalue weighted by Crippen LogP contribution is -2.22. The fraction of sp³-hybridized carbons (Fsp3) is 0.353. The highest BCUT2D eigenvalue weighted by Gasteiger charge is 2.21. The Morgan fingerprint density at radius 1 is 1.18 bits per heavy atom. The first-order valence-electron chi connectivity index (χ1n) is 7.29. The predicted octanol–water partition coefficient (Wildman–Crippen LogP) is 2.73. The number of nitrogens with one attached hydrogen (secondary N) is 1. The van der Waals surface area contributed by atoms with E-state index in [1.165, 1.54) is 6.92 Å². The van der Waals surface area contributed by atoms with Gasteiger partial charge in [-0.1, -0.05) is 12.2 Å². The van der Waals surface area contributed by atoms with Crippen molar-refractivity contribution in [3.8, 4) is 0 Å². The number of carbonyl (C=O) groups excluding carboxylic acids is 3. The summed E-state index contributed by atoms with van der Waals surface area (Å²) < 4.78 is 5.10. The number of hydrogen-bond acceptors (Lipinski definition) is 4. The second-order valence-electron chi connectivity index (χ2n) is 5.27. The number of esters is 1. The van der Waals surface area contributed by atoms with Crippen molar-refractivity contribution in [1.29, 1.82) is 0 Å². The number of Topliss-reactive ketones (excluding diaryl/α,β-unsaturated/α-hetero) is 1. The Kier molecular flexibility index (Phi) is 5.47. The van der Waals surface area contributed by atoms with Crippen LogP contribution in [0.5, 0.6) is 0 Å². The highest BCUT2D eigenvalue weighted by Crippen LogP contribution is 2.19. The van der Waals surface area contributed by atoms with Gasteiger partial charge in [0.1, 0.15) is 0 Å². The van der Waals surface area contributed by atoms with Gasteiger partial charge >= 0.3 is 5.97 Å². The molecule has 0 saturated heterocycles. The Morgan fingerprint density at radius 2 is 1.91 bits per heavy atom. The molecule has 5 heteroatoms. The van der Waals surface area contributed by atoms with E-state index in [1.54, 1.807) is 24.3 Å². The molecule has 0 radical (unpaired) electrons. The van der Waals surface area contributed by atoms with E-state index >= 15 is 0 Å². The summed E-state index contributed by atoms with van der Waals surface area (Å²) in [6.45, 7) is 1.16. The van der Waals surface area contributed by atoms with Crippen LogP contribution >= 0.6 is 0 Å². The van der Waals surface area contributed by atoms with Crippen LogP contribution in [0, 0.1) is 5.92 Å². The van der Waals surface area contributed by atoms with Gasteiger partial charge in [-0.05, 0) is 43.5 Å². The number of benzene rings is 1. The Labute approximate surface area is 129 Å². The monoisotopic (exact) mass is 301 g/mol. The summed E-state index contributed by atoms with van der Waals surface area (Å²) in [4.78, 5) is 34.8. The van der Waals surface area contributed by atoms with Crippen LogP contribution in [-0.4, -0.2) is 24.3 Å². The van der Waals surface area contributed by atoms with Gasteiger partial charge in [0.2, 0.25) is 5.91 Å². The number of ketones is 1. The molecular formula is C17H19NO4. The lowest BCUT2D eigenvalue weighted by Gasteiger charge is -2.16. The zero-order chi connectivity index (χ0) is 15.9. The maximum absolute atomic E-state index is 12.0. The Bertz CT molecular complexity index is 589. The molecule has 22 heavy (non-hydrogen) atoms. The molecular weight excluding hydrogens is 282 g/mol. The minimum Gasteiger partial charge on any atom is -0.457 e. The van der Waals surface area contributed by atoms with E-state index in [4.69, 9.17) is 4.74 Å². The topological polar surface area (TPSA) is 72.5 Å². The lowest BCUT2D eigenvalue weighted by molar-refractivity contribution is -0.147. The highest BCUT2D eigenvalue weighted by molar-refractivity contribution is 5.98. The summed E-state index contributed by atoms with van der Waals surface area (Å²) in [7, 11) is 0. The van der Waals surface area contributed by atoms with Crippen molar-refractivity contribution in [2.45, 2.75) is 26.2 Å². The first-order chi connectivity index (χ1) is 10.6. The third-order valence-corrected chi connectivity index (χ3v) is 3.48. The normalized spacial score (nSPS) is 16.9. The summed E-state index contributed by atoms with van der Waals surface area (Å²) in [6, 6.07) is 6.49. The maximum Gasteiger partial charge on any atom is 0.309 e. The largest absolute Gasteiger partial charge is 0.457 e. The van der Waals surface area contributed by atoms with Crippen LogP contribution < -0.4 is 5.32 Å². The van der Waals surface area contributed by atoms with Gasteiger partial charge in [-0.3, -0.25) is 14.4 Å². The number of ether oxygens (including phenoxy) is 1. The van der Waals surface area contributed by atoms with E-state index in [0.29, 0.717) is 17.7 Å². The molecule has 1 aliphatic rings. The van der Waals surface area contributed by atoms with Crippen molar-refractivity contribution in [3.05, 3.63) is 42.0 Å². The van der Waals surface area contributed by atoms with Gasteiger partial charge in [-0.15, -0.1) is 0 Å². The zero-order valence-electron chi connectivity index (χ0n) is 12.5. The third kappa shape index (κ3) is 4.55. The number of amides is 1. The molecule has 0 saturated carbocycles. The van der Waals surface area contributed by atoms with Crippen molar-refractivity contribution >= 4 is 23.3 Å². The van der Waals surface area contributed by atoms with Crippen LogP contribution in [0.3, 0.4) is 0 Å².